The van der Waals surface area contributed by atoms with Gasteiger partial charge in [0.2, 0.25) is 0 Å². The molecule has 3 heterocycles. The van der Waals surface area contributed by atoms with Crippen molar-refractivity contribution in [2.75, 3.05) is 31.1 Å². The summed E-state index contributed by atoms with van der Waals surface area (Å²) in [7, 11) is 0. The van der Waals surface area contributed by atoms with Gasteiger partial charge in [-0.15, -0.1) is 0 Å². The van der Waals surface area contributed by atoms with Crippen LogP contribution in [0, 0.1) is 12.7 Å². The molecule has 5 rings (SSSR count). The molecule has 0 bridgehead atoms. The molecule has 0 spiro atoms. The largest absolute Gasteiger partial charge is 0.352 e. The van der Waals surface area contributed by atoms with E-state index in [1.54, 1.807) is 16.8 Å². The SMILES string of the molecule is CCCC(C)c1nc(N2CCN(C(=O)c3ccccc3)CC2)c2c(C)nn(-c3ccc(F)cc3)c2n1. The zero-order valence-corrected chi connectivity index (χ0v) is 21.0. The number of piperazine rings is 1. The molecule has 1 saturated heterocycles. The molecular weight excluding hydrogens is 455 g/mol. The number of anilines is 1. The summed E-state index contributed by atoms with van der Waals surface area (Å²) < 4.78 is 15.4. The molecule has 1 amide bonds. The van der Waals surface area contributed by atoms with Crippen molar-refractivity contribution >= 4 is 22.8 Å². The molecule has 0 N–H and O–H groups in total. The third kappa shape index (κ3) is 4.55. The number of carbonyl (C=O) groups excluding carboxylic acids is 1. The first kappa shape index (κ1) is 23.9. The van der Waals surface area contributed by atoms with Crippen molar-refractivity contribution in [3.8, 4) is 5.69 Å². The molecule has 4 aromatic rings. The molecule has 0 saturated carbocycles. The summed E-state index contributed by atoms with van der Waals surface area (Å²) in [5, 5.41) is 5.67. The summed E-state index contributed by atoms with van der Waals surface area (Å²) in [5.41, 5.74) is 3.01. The van der Waals surface area contributed by atoms with E-state index in [9.17, 15) is 9.18 Å². The molecule has 1 unspecified atom stereocenters. The smallest absolute Gasteiger partial charge is 0.253 e. The van der Waals surface area contributed by atoms with Gasteiger partial charge in [0, 0.05) is 37.7 Å². The topological polar surface area (TPSA) is 67.2 Å². The molecule has 1 aliphatic heterocycles. The van der Waals surface area contributed by atoms with Crippen LogP contribution in [0.1, 0.15) is 54.5 Å². The maximum atomic E-state index is 13.6. The molecule has 1 fully saturated rings. The van der Waals surface area contributed by atoms with Crippen LogP contribution in [0.3, 0.4) is 0 Å². The van der Waals surface area contributed by atoms with Crippen LogP contribution in [0.25, 0.3) is 16.7 Å². The van der Waals surface area contributed by atoms with Crippen molar-refractivity contribution in [1.82, 2.24) is 24.6 Å². The van der Waals surface area contributed by atoms with Gasteiger partial charge in [-0.3, -0.25) is 4.79 Å². The number of aromatic nitrogens is 4. The number of nitrogens with zero attached hydrogens (tertiary/aromatic N) is 6. The van der Waals surface area contributed by atoms with E-state index in [0.717, 1.165) is 46.9 Å². The van der Waals surface area contributed by atoms with Crippen LogP contribution in [0.2, 0.25) is 0 Å². The van der Waals surface area contributed by atoms with Gasteiger partial charge < -0.3 is 9.80 Å². The highest BCUT2D eigenvalue weighted by Gasteiger charge is 2.27. The van der Waals surface area contributed by atoms with E-state index < -0.39 is 0 Å². The van der Waals surface area contributed by atoms with Crippen LogP contribution < -0.4 is 4.90 Å². The molecule has 0 aliphatic carbocycles. The van der Waals surface area contributed by atoms with Crippen LogP contribution in [0.15, 0.2) is 54.6 Å². The summed E-state index contributed by atoms with van der Waals surface area (Å²) >= 11 is 0. The van der Waals surface area contributed by atoms with E-state index in [-0.39, 0.29) is 17.6 Å². The average molecular weight is 487 g/mol. The highest BCUT2D eigenvalue weighted by atomic mass is 19.1. The van der Waals surface area contributed by atoms with E-state index in [1.807, 2.05) is 42.2 Å². The van der Waals surface area contributed by atoms with Gasteiger partial charge in [-0.05, 0) is 49.7 Å². The van der Waals surface area contributed by atoms with Gasteiger partial charge in [-0.1, -0.05) is 38.5 Å². The highest BCUT2D eigenvalue weighted by molar-refractivity contribution is 5.95. The Hall–Kier alpha value is -3.81. The lowest BCUT2D eigenvalue weighted by Gasteiger charge is -2.36. The van der Waals surface area contributed by atoms with Crippen LogP contribution in [-0.4, -0.2) is 56.7 Å². The first-order chi connectivity index (χ1) is 17.5. The maximum Gasteiger partial charge on any atom is 0.253 e. The molecule has 186 valence electrons. The minimum Gasteiger partial charge on any atom is -0.352 e. The van der Waals surface area contributed by atoms with Gasteiger partial charge in [0.15, 0.2) is 5.65 Å². The standard InChI is InChI=1S/C28H31FN6O/c1-4-8-19(2)25-30-26(33-15-17-34(18-16-33)28(36)21-9-6-5-7-10-21)24-20(3)32-35(27(24)31-25)23-13-11-22(29)12-14-23/h5-7,9-14,19H,4,8,15-18H2,1-3H3. The van der Waals surface area contributed by atoms with Crippen molar-refractivity contribution in [3.63, 3.8) is 0 Å². The molecular formula is C28H31FN6O. The van der Waals surface area contributed by atoms with Gasteiger partial charge >= 0.3 is 0 Å². The lowest BCUT2D eigenvalue weighted by atomic mass is 10.1. The minimum atomic E-state index is -0.289. The molecule has 1 atom stereocenters. The van der Waals surface area contributed by atoms with Crippen molar-refractivity contribution < 1.29 is 9.18 Å². The number of hydrogen-bond donors (Lipinski definition) is 0. The van der Waals surface area contributed by atoms with Crippen molar-refractivity contribution in [3.05, 3.63) is 77.5 Å². The van der Waals surface area contributed by atoms with Crippen molar-refractivity contribution in [2.24, 2.45) is 0 Å². The molecule has 36 heavy (non-hydrogen) atoms. The van der Waals surface area contributed by atoms with Crippen molar-refractivity contribution in [2.45, 2.75) is 39.5 Å². The van der Waals surface area contributed by atoms with E-state index in [1.165, 1.54) is 12.1 Å². The van der Waals surface area contributed by atoms with Gasteiger partial charge in [0.05, 0.1) is 16.8 Å². The third-order valence-electron chi connectivity index (χ3n) is 6.82. The van der Waals surface area contributed by atoms with Gasteiger partial charge in [0.1, 0.15) is 17.5 Å². The van der Waals surface area contributed by atoms with Crippen LogP contribution >= 0.6 is 0 Å². The Morgan fingerprint density at radius 3 is 2.36 bits per heavy atom. The van der Waals surface area contributed by atoms with E-state index in [2.05, 4.69) is 18.7 Å². The second-order valence-electron chi connectivity index (χ2n) is 9.41. The maximum absolute atomic E-state index is 13.6. The normalized spacial score (nSPS) is 14.9. The number of rotatable bonds is 6. The number of amides is 1. The fourth-order valence-corrected chi connectivity index (χ4v) is 4.84. The van der Waals surface area contributed by atoms with E-state index >= 15 is 0 Å². The monoisotopic (exact) mass is 486 g/mol. The number of hydrogen-bond acceptors (Lipinski definition) is 5. The predicted octanol–water partition coefficient (Wildman–Crippen LogP) is 5.13. The number of carbonyl (C=O) groups is 1. The summed E-state index contributed by atoms with van der Waals surface area (Å²) in [4.78, 5) is 27.1. The Kier molecular flexibility index (Phi) is 6.67. The lowest BCUT2D eigenvalue weighted by Crippen LogP contribution is -2.49. The number of benzene rings is 2. The molecule has 8 heteroatoms. The fraction of sp³-hybridized carbons (Fsp3) is 0.357. The zero-order chi connectivity index (χ0) is 25.2. The third-order valence-corrected chi connectivity index (χ3v) is 6.82. The van der Waals surface area contributed by atoms with Crippen molar-refractivity contribution in [1.29, 1.82) is 0 Å². The average Bonchev–Trinajstić information content (AvgIpc) is 3.25. The Morgan fingerprint density at radius 2 is 1.69 bits per heavy atom. The summed E-state index contributed by atoms with van der Waals surface area (Å²) in [6.45, 7) is 8.84. The summed E-state index contributed by atoms with van der Waals surface area (Å²) in [6.07, 6.45) is 2.02. The first-order valence-electron chi connectivity index (χ1n) is 12.6. The highest BCUT2D eigenvalue weighted by Crippen LogP contribution is 2.32. The van der Waals surface area contributed by atoms with E-state index in [4.69, 9.17) is 15.1 Å². The Bertz CT molecular complexity index is 1360. The van der Waals surface area contributed by atoms with Crippen LogP contribution in [-0.2, 0) is 0 Å². The predicted molar refractivity (Wildman–Crippen MR) is 139 cm³/mol. The Morgan fingerprint density at radius 1 is 1.00 bits per heavy atom. The summed E-state index contributed by atoms with van der Waals surface area (Å²) in [5.74, 6) is 1.60. The fourth-order valence-electron chi connectivity index (χ4n) is 4.84. The number of halogens is 1. The second-order valence-corrected chi connectivity index (χ2v) is 9.41. The van der Waals surface area contributed by atoms with Gasteiger partial charge in [0.25, 0.3) is 5.91 Å². The number of fused-ring (bicyclic) bond motifs is 1. The van der Waals surface area contributed by atoms with Crippen LogP contribution in [0.4, 0.5) is 10.2 Å². The van der Waals surface area contributed by atoms with Crippen LogP contribution in [0.5, 0.6) is 0 Å². The molecule has 7 nitrogen and oxygen atoms in total. The quantitative estimate of drug-likeness (QED) is 0.378. The lowest BCUT2D eigenvalue weighted by molar-refractivity contribution is 0.0746. The summed E-state index contributed by atoms with van der Waals surface area (Å²) in [6, 6.07) is 15.7. The first-order valence-corrected chi connectivity index (χ1v) is 12.6. The van der Waals surface area contributed by atoms with Gasteiger partial charge in [-0.2, -0.15) is 5.10 Å². The second kappa shape index (κ2) is 10.0. The molecule has 1 aliphatic rings. The molecule has 2 aromatic carbocycles. The molecule has 2 aromatic heterocycles. The number of aryl methyl sites for hydroxylation is 1. The minimum absolute atomic E-state index is 0.0562. The van der Waals surface area contributed by atoms with E-state index in [0.29, 0.717) is 31.7 Å². The van der Waals surface area contributed by atoms with Gasteiger partial charge in [-0.25, -0.2) is 19.0 Å². The Labute approximate surface area is 210 Å². The zero-order valence-electron chi connectivity index (χ0n) is 21.0. The Balaban J connectivity index is 1.51. The molecule has 0 radical (unpaired) electrons.